The number of hydrogen-bond acceptors (Lipinski definition) is 5. The van der Waals surface area contributed by atoms with Crippen LogP contribution in [0, 0.1) is 17.5 Å². The van der Waals surface area contributed by atoms with Crippen LogP contribution in [0.5, 0.6) is 0 Å². The van der Waals surface area contributed by atoms with Crippen LogP contribution < -0.4 is 5.73 Å². The van der Waals surface area contributed by atoms with E-state index in [1.54, 1.807) is 0 Å². The van der Waals surface area contributed by atoms with Gasteiger partial charge in [0.25, 0.3) is 0 Å². The zero-order chi connectivity index (χ0) is 18.6. The van der Waals surface area contributed by atoms with Crippen molar-refractivity contribution in [2.24, 2.45) is 5.73 Å². The minimum Gasteiger partial charge on any atom is -0.370 e. The summed E-state index contributed by atoms with van der Waals surface area (Å²) in [5, 5.41) is 0. The summed E-state index contributed by atoms with van der Waals surface area (Å²) in [6.45, 7) is 1.36. The van der Waals surface area contributed by atoms with E-state index in [4.69, 9.17) is 10.5 Å². The number of nitrogens with two attached hydrogens (primary N) is 1. The number of halogens is 3. The molecule has 2 N–H and O–H groups in total. The van der Waals surface area contributed by atoms with Gasteiger partial charge in [0.1, 0.15) is 11.9 Å². The lowest BCUT2D eigenvalue weighted by Crippen LogP contribution is -2.49. The first-order valence-electron chi connectivity index (χ1n) is 8.39. The second kappa shape index (κ2) is 6.33. The van der Waals surface area contributed by atoms with E-state index in [9.17, 15) is 21.6 Å². The van der Waals surface area contributed by atoms with Crippen LogP contribution in [-0.4, -0.2) is 56.6 Å². The summed E-state index contributed by atoms with van der Waals surface area (Å²) in [5.74, 6) is -3.07. The SMILES string of the molecule is N[C@H]1C[C@@H](N2CC3=C(C2)CS(=O)(=O)C3)CO[C@@H]1c1cc(F)cc(F)c1F. The third kappa shape index (κ3) is 3.17. The average Bonchev–Trinajstić information content (AvgIpc) is 3.04. The van der Waals surface area contributed by atoms with E-state index in [1.807, 2.05) is 0 Å². The van der Waals surface area contributed by atoms with Gasteiger partial charge in [0.05, 0.1) is 18.1 Å². The quantitative estimate of drug-likeness (QED) is 0.611. The van der Waals surface area contributed by atoms with Gasteiger partial charge in [-0.15, -0.1) is 0 Å². The maximum Gasteiger partial charge on any atom is 0.164 e. The first kappa shape index (κ1) is 18.0. The van der Waals surface area contributed by atoms with E-state index >= 15 is 0 Å². The van der Waals surface area contributed by atoms with Gasteiger partial charge < -0.3 is 10.5 Å². The summed E-state index contributed by atoms with van der Waals surface area (Å²) < 4.78 is 69.9. The molecular weight excluding hydrogens is 369 g/mol. The van der Waals surface area contributed by atoms with Crippen LogP contribution >= 0.6 is 0 Å². The average molecular weight is 388 g/mol. The van der Waals surface area contributed by atoms with Crippen molar-refractivity contribution in [3.8, 4) is 0 Å². The smallest absolute Gasteiger partial charge is 0.164 e. The highest BCUT2D eigenvalue weighted by molar-refractivity contribution is 7.92. The van der Waals surface area contributed by atoms with Crippen molar-refractivity contribution in [3.63, 3.8) is 0 Å². The number of hydrogen-bond donors (Lipinski definition) is 1. The van der Waals surface area contributed by atoms with E-state index in [-0.39, 0.29) is 29.7 Å². The van der Waals surface area contributed by atoms with Crippen LogP contribution in [-0.2, 0) is 14.6 Å². The second-order valence-electron chi connectivity index (χ2n) is 7.24. The predicted octanol–water partition coefficient (Wildman–Crippen LogP) is 1.30. The maximum absolute atomic E-state index is 14.0. The lowest BCUT2D eigenvalue weighted by Gasteiger charge is -2.39. The number of benzene rings is 1. The Labute approximate surface area is 149 Å². The molecule has 142 valence electrons. The molecule has 1 aromatic rings. The van der Waals surface area contributed by atoms with Crippen molar-refractivity contribution < 1.29 is 26.3 Å². The van der Waals surface area contributed by atoms with E-state index in [1.165, 1.54) is 0 Å². The zero-order valence-electron chi connectivity index (χ0n) is 13.9. The van der Waals surface area contributed by atoms with Crippen LogP contribution in [0.3, 0.4) is 0 Å². The third-order valence-corrected chi connectivity index (χ3v) is 6.90. The standard InChI is InChI=1S/C17H19F3N2O3S/c18-11-1-13(16(20)14(19)2-11)17-15(21)3-12(6-25-17)22-4-9-7-26(23,24)8-10(9)5-22/h1-2,12,15,17H,3-8,21H2/t12-,15+,17-/m1/s1. The van der Waals surface area contributed by atoms with Crippen LogP contribution in [0.2, 0.25) is 0 Å². The first-order valence-corrected chi connectivity index (χ1v) is 10.2. The Morgan fingerprint density at radius 2 is 1.77 bits per heavy atom. The molecule has 26 heavy (non-hydrogen) atoms. The molecule has 5 nitrogen and oxygen atoms in total. The summed E-state index contributed by atoms with van der Waals surface area (Å²) >= 11 is 0. The largest absolute Gasteiger partial charge is 0.370 e. The van der Waals surface area contributed by atoms with Gasteiger partial charge >= 0.3 is 0 Å². The maximum atomic E-state index is 14.0. The molecule has 0 aliphatic carbocycles. The van der Waals surface area contributed by atoms with Gasteiger partial charge in [-0.05, 0) is 23.6 Å². The molecule has 3 aliphatic heterocycles. The van der Waals surface area contributed by atoms with Crippen molar-refractivity contribution in [2.45, 2.75) is 24.6 Å². The minimum atomic E-state index is -3.00. The van der Waals surface area contributed by atoms with Gasteiger partial charge in [-0.1, -0.05) is 0 Å². The fourth-order valence-corrected chi connectivity index (χ4v) is 5.86. The van der Waals surface area contributed by atoms with Gasteiger partial charge in [0, 0.05) is 36.8 Å². The fourth-order valence-electron chi connectivity index (χ4n) is 4.11. The molecule has 0 amide bonds. The Morgan fingerprint density at radius 3 is 2.38 bits per heavy atom. The van der Waals surface area contributed by atoms with Crippen molar-refractivity contribution in [2.75, 3.05) is 31.2 Å². The molecule has 3 aliphatic rings. The van der Waals surface area contributed by atoms with Crippen LogP contribution in [0.4, 0.5) is 13.2 Å². The number of rotatable bonds is 2. The Bertz CT molecular complexity index is 863. The molecule has 1 fully saturated rings. The topological polar surface area (TPSA) is 72.6 Å². The Morgan fingerprint density at radius 1 is 1.12 bits per heavy atom. The zero-order valence-corrected chi connectivity index (χ0v) is 14.7. The first-order chi connectivity index (χ1) is 12.2. The third-order valence-electron chi connectivity index (χ3n) is 5.32. The molecule has 0 saturated carbocycles. The highest BCUT2D eigenvalue weighted by atomic mass is 32.2. The van der Waals surface area contributed by atoms with Crippen LogP contribution in [0.1, 0.15) is 18.1 Å². The highest BCUT2D eigenvalue weighted by Gasteiger charge is 2.40. The molecule has 9 heteroatoms. The predicted molar refractivity (Wildman–Crippen MR) is 88.6 cm³/mol. The monoisotopic (exact) mass is 388 g/mol. The minimum absolute atomic E-state index is 0.0454. The Balaban J connectivity index is 1.44. The summed E-state index contributed by atoms with van der Waals surface area (Å²) in [7, 11) is -3.00. The molecule has 1 aromatic carbocycles. The second-order valence-corrected chi connectivity index (χ2v) is 9.31. The molecule has 0 spiro atoms. The van der Waals surface area contributed by atoms with E-state index in [0.29, 0.717) is 25.6 Å². The highest BCUT2D eigenvalue weighted by Crippen LogP contribution is 2.35. The van der Waals surface area contributed by atoms with Crippen LogP contribution in [0.15, 0.2) is 23.3 Å². The van der Waals surface area contributed by atoms with Crippen molar-refractivity contribution >= 4 is 9.84 Å². The van der Waals surface area contributed by atoms with Gasteiger partial charge in [-0.2, -0.15) is 0 Å². The van der Waals surface area contributed by atoms with Gasteiger partial charge in [0.15, 0.2) is 21.5 Å². The molecule has 0 aromatic heterocycles. The number of nitrogens with zero attached hydrogens (tertiary/aromatic N) is 1. The summed E-state index contributed by atoms with van der Waals surface area (Å²) in [4.78, 5) is 2.11. The molecule has 0 radical (unpaired) electrons. The molecule has 4 rings (SSSR count). The lowest BCUT2D eigenvalue weighted by atomic mass is 9.93. The van der Waals surface area contributed by atoms with Crippen molar-refractivity contribution in [1.82, 2.24) is 4.90 Å². The van der Waals surface area contributed by atoms with Crippen LogP contribution in [0.25, 0.3) is 0 Å². The Kier molecular flexibility index (Phi) is 4.37. The molecule has 3 heterocycles. The lowest BCUT2D eigenvalue weighted by molar-refractivity contribution is -0.0467. The van der Waals surface area contributed by atoms with Gasteiger partial charge in [-0.3, -0.25) is 4.90 Å². The molecular formula is C17H19F3N2O3S. The van der Waals surface area contributed by atoms with E-state index in [2.05, 4.69) is 4.90 Å². The molecule has 3 atom stereocenters. The van der Waals surface area contributed by atoms with Crippen molar-refractivity contribution in [3.05, 3.63) is 46.3 Å². The van der Waals surface area contributed by atoms with Gasteiger partial charge in [-0.25, -0.2) is 21.6 Å². The van der Waals surface area contributed by atoms with E-state index in [0.717, 1.165) is 17.2 Å². The molecule has 0 bridgehead atoms. The fraction of sp³-hybridized carbons (Fsp3) is 0.529. The summed E-state index contributed by atoms with van der Waals surface area (Å²) in [6.07, 6.45) is -0.450. The Hall–Kier alpha value is -1.42. The number of sulfone groups is 1. The van der Waals surface area contributed by atoms with Crippen molar-refractivity contribution in [1.29, 1.82) is 0 Å². The normalized spacial score (nSPS) is 31.5. The molecule has 1 saturated heterocycles. The summed E-state index contributed by atoms with van der Waals surface area (Å²) in [5.41, 5.74) is 7.80. The molecule has 0 unspecified atom stereocenters. The van der Waals surface area contributed by atoms with Gasteiger partial charge in [0.2, 0.25) is 0 Å². The van der Waals surface area contributed by atoms with E-state index < -0.39 is 39.4 Å². The summed E-state index contributed by atoms with van der Waals surface area (Å²) in [6, 6.07) is 0.737. The number of ether oxygens (including phenoxy) is 1.